The monoisotopic (exact) mass is 252 g/mol. The third kappa shape index (κ3) is 2.84. The predicted molar refractivity (Wildman–Crippen MR) is 65.6 cm³/mol. The largest absolute Gasteiger partial charge is 0.485 e. The van der Waals surface area contributed by atoms with Gasteiger partial charge in [-0.15, -0.1) is 0 Å². The first-order valence-corrected chi connectivity index (χ1v) is 6.01. The first-order valence-electron chi connectivity index (χ1n) is 4.69. The predicted octanol–water partition coefficient (Wildman–Crippen LogP) is 3.66. The van der Waals surface area contributed by atoms with Gasteiger partial charge in [0, 0.05) is 16.0 Å². The highest BCUT2D eigenvalue weighted by molar-refractivity contribution is 7.08. The minimum absolute atomic E-state index is 0.0174. The van der Waals surface area contributed by atoms with Crippen LogP contribution in [0.2, 0.25) is 5.02 Å². The number of Topliss-reactive ketones (excluding diaryl/α,β-unsaturated/α-hetero) is 1. The molecule has 82 valence electrons. The van der Waals surface area contributed by atoms with Gasteiger partial charge >= 0.3 is 0 Å². The topological polar surface area (TPSA) is 26.3 Å². The summed E-state index contributed by atoms with van der Waals surface area (Å²) >= 11 is 7.23. The molecule has 2 nitrogen and oxygen atoms in total. The molecule has 0 radical (unpaired) electrons. The number of hydrogen-bond donors (Lipinski definition) is 0. The number of carbonyl (C=O) groups is 1. The van der Waals surface area contributed by atoms with Gasteiger partial charge in [0.25, 0.3) is 0 Å². The Labute approximate surface area is 102 Å². The maximum atomic E-state index is 11.6. The van der Waals surface area contributed by atoms with E-state index in [1.807, 2.05) is 10.8 Å². The second-order valence-corrected chi connectivity index (χ2v) is 4.39. The number of halogens is 1. The highest BCUT2D eigenvalue weighted by Gasteiger charge is 2.06. The summed E-state index contributed by atoms with van der Waals surface area (Å²) in [6, 6.07) is 8.72. The SMILES string of the molecule is O=C(COc1ccc(Cl)cc1)c1ccsc1. The Morgan fingerprint density at radius 1 is 1.25 bits per heavy atom. The fraction of sp³-hybridized carbons (Fsp3) is 0.0833. The van der Waals surface area contributed by atoms with E-state index >= 15 is 0 Å². The summed E-state index contributed by atoms with van der Waals surface area (Å²) < 4.78 is 5.34. The molecule has 0 fully saturated rings. The minimum atomic E-state index is -0.0174. The van der Waals surface area contributed by atoms with Crippen LogP contribution in [0.3, 0.4) is 0 Å². The summed E-state index contributed by atoms with van der Waals surface area (Å²) in [4.78, 5) is 11.6. The molecule has 0 saturated heterocycles. The Bertz CT molecular complexity index is 462. The molecule has 2 aromatic rings. The van der Waals surface area contributed by atoms with Gasteiger partial charge in [-0.2, -0.15) is 11.3 Å². The van der Waals surface area contributed by atoms with E-state index in [4.69, 9.17) is 16.3 Å². The fourth-order valence-corrected chi connectivity index (χ4v) is 1.97. The van der Waals surface area contributed by atoms with Crippen LogP contribution in [-0.4, -0.2) is 12.4 Å². The maximum Gasteiger partial charge on any atom is 0.201 e. The zero-order valence-electron chi connectivity index (χ0n) is 8.35. The van der Waals surface area contributed by atoms with Crippen LogP contribution in [0.1, 0.15) is 10.4 Å². The van der Waals surface area contributed by atoms with Crippen LogP contribution < -0.4 is 4.74 Å². The van der Waals surface area contributed by atoms with Gasteiger partial charge in [0.2, 0.25) is 5.78 Å². The van der Waals surface area contributed by atoms with Crippen molar-refractivity contribution in [2.24, 2.45) is 0 Å². The molecule has 0 amide bonds. The molecule has 0 saturated carbocycles. The molecule has 1 aromatic heterocycles. The Balaban J connectivity index is 1.93. The molecule has 0 aliphatic carbocycles. The number of hydrogen-bond acceptors (Lipinski definition) is 3. The van der Waals surface area contributed by atoms with Crippen LogP contribution in [0.15, 0.2) is 41.1 Å². The van der Waals surface area contributed by atoms with Gasteiger partial charge in [0.15, 0.2) is 6.61 Å². The molecule has 0 atom stereocenters. The molecule has 2 rings (SSSR count). The quantitative estimate of drug-likeness (QED) is 0.777. The first kappa shape index (κ1) is 11.2. The lowest BCUT2D eigenvalue weighted by atomic mass is 10.2. The molecule has 0 N–H and O–H groups in total. The van der Waals surface area contributed by atoms with Gasteiger partial charge in [0.1, 0.15) is 5.75 Å². The van der Waals surface area contributed by atoms with Crippen molar-refractivity contribution < 1.29 is 9.53 Å². The van der Waals surface area contributed by atoms with Gasteiger partial charge in [-0.05, 0) is 35.7 Å². The van der Waals surface area contributed by atoms with Gasteiger partial charge in [-0.25, -0.2) is 0 Å². The van der Waals surface area contributed by atoms with E-state index in [2.05, 4.69) is 0 Å². The molecule has 1 heterocycles. The van der Waals surface area contributed by atoms with Crippen molar-refractivity contribution in [3.63, 3.8) is 0 Å². The van der Waals surface area contributed by atoms with E-state index in [0.717, 1.165) is 0 Å². The minimum Gasteiger partial charge on any atom is -0.485 e. The lowest BCUT2D eigenvalue weighted by molar-refractivity contribution is 0.0922. The summed E-state index contributed by atoms with van der Waals surface area (Å²) in [6.45, 7) is 0.0539. The van der Waals surface area contributed by atoms with E-state index < -0.39 is 0 Å². The molecule has 0 unspecified atom stereocenters. The Morgan fingerprint density at radius 3 is 2.62 bits per heavy atom. The summed E-state index contributed by atoms with van der Waals surface area (Å²) in [5.74, 6) is 0.629. The van der Waals surface area contributed by atoms with Crippen molar-refractivity contribution in [1.82, 2.24) is 0 Å². The van der Waals surface area contributed by atoms with Crippen molar-refractivity contribution in [3.05, 3.63) is 51.7 Å². The molecule has 4 heteroatoms. The molecule has 16 heavy (non-hydrogen) atoms. The van der Waals surface area contributed by atoms with Crippen LogP contribution in [0.25, 0.3) is 0 Å². The number of ketones is 1. The number of rotatable bonds is 4. The summed E-state index contributed by atoms with van der Waals surface area (Å²) in [6.07, 6.45) is 0. The van der Waals surface area contributed by atoms with Crippen molar-refractivity contribution >= 4 is 28.7 Å². The summed E-state index contributed by atoms with van der Waals surface area (Å²) in [5.41, 5.74) is 0.693. The smallest absolute Gasteiger partial charge is 0.201 e. The first-order chi connectivity index (χ1) is 7.75. The van der Waals surface area contributed by atoms with Crippen LogP contribution in [0.4, 0.5) is 0 Å². The number of thiophene rings is 1. The van der Waals surface area contributed by atoms with E-state index in [1.165, 1.54) is 11.3 Å². The van der Waals surface area contributed by atoms with Crippen molar-refractivity contribution in [3.8, 4) is 5.75 Å². The Hall–Kier alpha value is -1.32. The molecule has 0 aliphatic rings. The van der Waals surface area contributed by atoms with Crippen LogP contribution in [0, 0.1) is 0 Å². The van der Waals surface area contributed by atoms with Crippen LogP contribution in [0.5, 0.6) is 5.75 Å². The van der Waals surface area contributed by atoms with Gasteiger partial charge < -0.3 is 4.74 Å². The molecular formula is C12H9ClO2S. The molecule has 0 aliphatic heterocycles. The zero-order valence-corrected chi connectivity index (χ0v) is 9.92. The normalized spacial score (nSPS) is 10.1. The van der Waals surface area contributed by atoms with E-state index in [-0.39, 0.29) is 12.4 Å². The van der Waals surface area contributed by atoms with E-state index in [1.54, 1.807) is 30.3 Å². The number of carbonyl (C=O) groups excluding carboxylic acids is 1. The zero-order chi connectivity index (χ0) is 11.4. The molecule has 0 bridgehead atoms. The number of ether oxygens (including phenoxy) is 1. The summed E-state index contributed by atoms with van der Waals surface area (Å²) in [7, 11) is 0. The van der Waals surface area contributed by atoms with Gasteiger partial charge in [-0.3, -0.25) is 4.79 Å². The van der Waals surface area contributed by atoms with Crippen molar-refractivity contribution in [1.29, 1.82) is 0 Å². The third-order valence-electron chi connectivity index (χ3n) is 2.03. The number of benzene rings is 1. The fourth-order valence-electron chi connectivity index (χ4n) is 1.19. The summed E-state index contributed by atoms with van der Waals surface area (Å²) in [5, 5.41) is 4.33. The molecule has 0 spiro atoms. The van der Waals surface area contributed by atoms with Gasteiger partial charge in [-0.1, -0.05) is 11.6 Å². The average molecular weight is 253 g/mol. The highest BCUT2D eigenvalue weighted by Crippen LogP contribution is 2.16. The van der Waals surface area contributed by atoms with E-state index in [0.29, 0.717) is 16.3 Å². The van der Waals surface area contributed by atoms with Crippen LogP contribution in [-0.2, 0) is 0 Å². The lowest BCUT2D eigenvalue weighted by Gasteiger charge is -2.04. The van der Waals surface area contributed by atoms with Gasteiger partial charge in [0.05, 0.1) is 0 Å². The van der Waals surface area contributed by atoms with Crippen molar-refractivity contribution in [2.75, 3.05) is 6.61 Å². The Kier molecular flexibility index (Phi) is 3.59. The molecular weight excluding hydrogens is 244 g/mol. The van der Waals surface area contributed by atoms with E-state index in [9.17, 15) is 4.79 Å². The van der Waals surface area contributed by atoms with Crippen LogP contribution >= 0.6 is 22.9 Å². The second kappa shape index (κ2) is 5.14. The lowest BCUT2D eigenvalue weighted by Crippen LogP contribution is -2.10. The van der Waals surface area contributed by atoms with Crippen molar-refractivity contribution in [2.45, 2.75) is 0 Å². The maximum absolute atomic E-state index is 11.6. The Morgan fingerprint density at radius 2 is 2.00 bits per heavy atom. The molecule has 1 aromatic carbocycles. The highest BCUT2D eigenvalue weighted by atomic mass is 35.5. The average Bonchev–Trinajstić information content (AvgIpc) is 2.81. The standard InChI is InChI=1S/C12H9ClO2S/c13-10-1-3-11(4-2-10)15-7-12(14)9-5-6-16-8-9/h1-6,8H,7H2. The second-order valence-electron chi connectivity index (χ2n) is 3.18. The third-order valence-corrected chi connectivity index (χ3v) is 2.96.